The van der Waals surface area contributed by atoms with Gasteiger partial charge in [-0.15, -0.1) is 0 Å². The minimum Gasteiger partial charge on any atom is -0.307 e. The van der Waals surface area contributed by atoms with Crippen LogP contribution in [0.4, 0.5) is 5.69 Å². The zero-order valence-corrected chi connectivity index (χ0v) is 19.2. The summed E-state index contributed by atoms with van der Waals surface area (Å²) in [5.74, 6) is -0.173. The number of rotatable bonds is 7. The lowest BCUT2D eigenvalue weighted by atomic mass is 10.1. The summed E-state index contributed by atoms with van der Waals surface area (Å²) in [7, 11) is -3.70. The van der Waals surface area contributed by atoms with Gasteiger partial charge < -0.3 is 4.90 Å². The largest absolute Gasteiger partial charge is 0.307 e. The Kier molecular flexibility index (Phi) is 6.93. The maximum Gasteiger partial charge on any atom is 0.258 e. The molecule has 162 valence electrons. The van der Waals surface area contributed by atoms with Crippen molar-refractivity contribution in [2.24, 2.45) is 0 Å². The molecular formula is C25H28N2O3S. The monoisotopic (exact) mass is 436 g/mol. The Hall–Kier alpha value is -2.96. The van der Waals surface area contributed by atoms with Crippen molar-refractivity contribution in [3.05, 3.63) is 94.5 Å². The number of carbonyl (C=O) groups excluding carboxylic acids is 1. The fourth-order valence-electron chi connectivity index (χ4n) is 3.76. The van der Waals surface area contributed by atoms with Gasteiger partial charge in [-0.25, -0.2) is 13.1 Å². The summed E-state index contributed by atoms with van der Waals surface area (Å²) in [6, 6.07) is 20.4. The molecule has 0 aliphatic heterocycles. The average Bonchev–Trinajstić information content (AvgIpc) is 2.71. The lowest BCUT2D eigenvalue weighted by molar-refractivity contribution is 0.0987. The van der Waals surface area contributed by atoms with Crippen molar-refractivity contribution in [2.75, 3.05) is 18.0 Å². The molecule has 1 amide bonds. The fourth-order valence-corrected chi connectivity index (χ4v) is 5.23. The summed E-state index contributed by atoms with van der Waals surface area (Å²) >= 11 is 0. The highest BCUT2D eigenvalue weighted by Crippen LogP contribution is 2.22. The van der Waals surface area contributed by atoms with E-state index in [4.69, 9.17) is 0 Å². The van der Waals surface area contributed by atoms with Crippen LogP contribution in [0.1, 0.15) is 32.6 Å². The molecule has 1 N–H and O–H groups in total. The number of anilines is 1. The molecule has 0 aromatic heterocycles. The van der Waals surface area contributed by atoms with Gasteiger partial charge in [0.1, 0.15) is 0 Å². The Bertz CT molecular complexity index is 1150. The molecule has 0 aliphatic carbocycles. The van der Waals surface area contributed by atoms with Crippen molar-refractivity contribution in [3.8, 4) is 0 Å². The second kappa shape index (κ2) is 9.45. The maximum atomic E-state index is 13.2. The summed E-state index contributed by atoms with van der Waals surface area (Å²) < 4.78 is 28.6. The van der Waals surface area contributed by atoms with Crippen molar-refractivity contribution < 1.29 is 13.2 Å². The van der Waals surface area contributed by atoms with E-state index in [1.165, 1.54) is 0 Å². The highest BCUT2D eigenvalue weighted by Gasteiger charge is 2.22. The van der Waals surface area contributed by atoms with E-state index in [-0.39, 0.29) is 19.0 Å². The molecule has 3 aromatic rings. The summed E-state index contributed by atoms with van der Waals surface area (Å²) in [6.45, 7) is 7.81. The van der Waals surface area contributed by atoms with E-state index in [0.29, 0.717) is 21.6 Å². The van der Waals surface area contributed by atoms with E-state index in [1.54, 1.807) is 30.9 Å². The number of hydrogen-bond acceptors (Lipinski definition) is 3. The Morgan fingerprint density at radius 3 is 2.00 bits per heavy atom. The second-order valence-electron chi connectivity index (χ2n) is 7.78. The normalized spacial score (nSPS) is 11.4. The Labute approximate surface area is 184 Å². The summed E-state index contributed by atoms with van der Waals surface area (Å²) in [5, 5.41) is 0. The standard InChI is InChI=1S/C25H28N2O3S/c1-18-10-12-22(13-11-18)25(28)27(23-8-6-5-7-9-23)15-14-26-31(29,30)24-20(3)16-19(2)17-21(24)4/h5-13,16-17,26H,14-15H2,1-4H3. The third kappa shape index (κ3) is 5.40. The predicted octanol–water partition coefficient (Wildman–Crippen LogP) is 4.55. The number of aryl methyl sites for hydroxylation is 4. The minimum atomic E-state index is -3.70. The highest BCUT2D eigenvalue weighted by atomic mass is 32.2. The molecule has 0 radical (unpaired) electrons. The van der Waals surface area contributed by atoms with E-state index in [9.17, 15) is 13.2 Å². The first-order valence-electron chi connectivity index (χ1n) is 10.2. The maximum absolute atomic E-state index is 13.2. The summed E-state index contributed by atoms with van der Waals surface area (Å²) in [5.41, 5.74) is 4.78. The molecule has 0 unspecified atom stereocenters. The van der Waals surface area contributed by atoms with Crippen LogP contribution in [0.2, 0.25) is 0 Å². The number of nitrogens with zero attached hydrogens (tertiary/aromatic N) is 1. The molecule has 3 aromatic carbocycles. The van der Waals surface area contributed by atoms with Crippen LogP contribution in [-0.2, 0) is 10.0 Å². The van der Waals surface area contributed by atoms with Crippen LogP contribution in [0.25, 0.3) is 0 Å². The summed E-state index contributed by atoms with van der Waals surface area (Å²) in [4.78, 5) is 15.1. The van der Waals surface area contributed by atoms with Crippen molar-refractivity contribution >= 4 is 21.6 Å². The number of benzene rings is 3. The van der Waals surface area contributed by atoms with Crippen molar-refractivity contribution in [1.29, 1.82) is 0 Å². The molecule has 0 heterocycles. The van der Waals surface area contributed by atoms with Gasteiger partial charge in [-0.3, -0.25) is 4.79 Å². The first-order valence-corrected chi connectivity index (χ1v) is 11.7. The topological polar surface area (TPSA) is 66.5 Å². The van der Waals surface area contributed by atoms with E-state index in [2.05, 4.69) is 4.72 Å². The molecule has 3 rings (SSSR count). The molecular weight excluding hydrogens is 408 g/mol. The molecule has 0 saturated carbocycles. The Morgan fingerprint density at radius 1 is 0.839 bits per heavy atom. The number of nitrogens with one attached hydrogen (secondary N) is 1. The highest BCUT2D eigenvalue weighted by molar-refractivity contribution is 7.89. The van der Waals surface area contributed by atoms with Crippen LogP contribution in [0.15, 0.2) is 71.6 Å². The van der Waals surface area contributed by atoms with Crippen LogP contribution < -0.4 is 9.62 Å². The molecule has 5 nitrogen and oxygen atoms in total. The van der Waals surface area contributed by atoms with E-state index < -0.39 is 10.0 Å². The molecule has 0 bridgehead atoms. The molecule has 0 fully saturated rings. The van der Waals surface area contributed by atoms with E-state index in [1.807, 2.05) is 68.4 Å². The molecule has 6 heteroatoms. The number of hydrogen-bond donors (Lipinski definition) is 1. The van der Waals surface area contributed by atoms with Gasteiger partial charge in [0.2, 0.25) is 10.0 Å². The quantitative estimate of drug-likeness (QED) is 0.591. The summed E-state index contributed by atoms with van der Waals surface area (Å²) in [6.07, 6.45) is 0. The van der Waals surface area contributed by atoms with Gasteiger partial charge in [-0.1, -0.05) is 53.6 Å². The lowest BCUT2D eigenvalue weighted by Gasteiger charge is -2.23. The molecule has 31 heavy (non-hydrogen) atoms. The van der Waals surface area contributed by atoms with Gasteiger partial charge in [0.15, 0.2) is 0 Å². The zero-order valence-electron chi connectivity index (χ0n) is 18.3. The van der Waals surface area contributed by atoms with Gasteiger partial charge in [-0.2, -0.15) is 0 Å². The Morgan fingerprint density at radius 2 is 1.42 bits per heavy atom. The third-order valence-corrected chi connectivity index (χ3v) is 6.88. The van der Waals surface area contributed by atoms with E-state index >= 15 is 0 Å². The molecule has 0 atom stereocenters. The zero-order chi connectivity index (χ0) is 22.6. The fraction of sp³-hybridized carbons (Fsp3) is 0.240. The van der Waals surface area contributed by atoms with Crippen LogP contribution in [0.5, 0.6) is 0 Å². The van der Waals surface area contributed by atoms with Crippen LogP contribution >= 0.6 is 0 Å². The lowest BCUT2D eigenvalue weighted by Crippen LogP contribution is -2.39. The van der Waals surface area contributed by atoms with Crippen molar-refractivity contribution in [2.45, 2.75) is 32.6 Å². The first-order chi connectivity index (χ1) is 14.7. The smallest absolute Gasteiger partial charge is 0.258 e. The minimum absolute atomic E-state index is 0.0988. The SMILES string of the molecule is Cc1ccc(C(=O)N(CCNS(=O)(=O)c2c(C)cc(C)cc2C)c2ccccc2)cc1. The van der Waals surface area contributed by atoms with Gasteiger partial charge >= 0.3 is 0 Å². The number of carbonyl (C=O) groups is 1. The van der Waals surface area contributed by atoms with Crippen LogP contribution in [-0.4, -0.2) is 27.4 Å². The Balaban J connectivity index is 1.81. The molecule has 0 aliphatic rings. The van der Waals surface area contributed by atoms with Gasteiger partial charge in [0.05, 0.1) is 4.90 Å². The van der Waals surface area contributed by atoms with Gasteiger partial charge in [-0.05, 0) is 63.1 Å². The van der Waals surface area contributed by atoms with Gasteiger partial charge in [0.25, 0.3) is 5.91 Å². The predicted molar refractivity (Wildman–Crippen MR) is 125 cm³/mol. The first kappa shape index (κ1) is 22.7. The van der Waals surface area contributed by atoms with Gasteiger partial charge in [0, 0.05) is 24.3 Å². The molecule has 0 spiro atoms. The van der Waals surface area contributed by atoms with Crippen LogP contribution in [0, 0.1) is 27.7 Å². The average molecular weight is 437 g/mol. The number of amides is 1. The second-order valence-corrected chi connectivity index (χ2v) is 9.49. The van der Waals surface area contributed by atoms with Crippen LogP contribution in [0.3, 0.4) is 0 Å². The van der Waals surface area contributed by atoms with Crippen molar-refractivity contribution in [3.63, 3.8) is 0 Å². The number of para-hydroxylation sites is 1. The van der Waals surface area contributed by atoms with E-state index in [0.717, 1.165) is 16.8 Å². The van der Waals surface area contributed by atoms with Crippen molar-refractivity contribution in [1.82, 2.24) is 4.72 Å². The number of sulfonamides is 1. The third-order valence-electron chi connectivity index (χ3n) is 5.11. The molecule has 0 saturated heterocycles.